The second kappa shape index (κ2) is 9.78. The van der Waals surface area contributed by atoms with E-state index in [2.05, 4.69) is 54.5 Å². The van der Waals surface area contributed by atoms with Crippen molar-refractivity contribution < 1.29 is 4.79 Å². The van der Waals surface area contributed by atoms with Crippen molar-refractivity contribution >= 4 is 56.1 Å². The molecule has 28 heavy (non-hydrogen) atoms. The predicted octanol–water partition coefficient (Wildman–Crippen LogP) is 5.01. The number of nitrogens with zero attached hydrogens (tertiary/aromatic N) is 3. The van der Waals surface area contributed by atoms with E-state index < -0.39 is 0 Å². The van der Waals surface area contributed by atoms with Gasteiger partial charge in [0, 0.05) is 22.9 Å². The van der Waals surface area contributed by atoms with Gasteiger partial charge in [-0.25, -0.2) is 4.98 Å². The monoisotopic (exact) mass is 431 g/mol. The molecule has 7 heteroatoms. The van der Waals surface area contributed by atoms with Gasteiger partial charge in [0.25, 0.3) is 0 Å². The first kappa shape index (κ1) is 21.2. The first-order valence-corrected chi connectivity index (χ1v) is 12.1. The van der Waals surface area contributed by atoms with Crippen molar-refractivity contribution in [2.24, 2.45) is 0 Å². The molecule has 2 aromatic carbocycles. The lowest BCUT2D eigenvalue weighted by Gasteiger charge is -2.21. The van der Waals surface area contributed by atoms with Gasteiger partial charge in [0.1, 0.15) is 0 Å². The number of thioether (sulfide) groups is 2. The van der Waals surface area contributed by atoms with Crippen LogP contribution in [0, 0.1) is 6.92 Å². The van der Waals surface area contributed by atoms with Crippen molar-refractivity contribution in [3.05, 3.63) is 48.0 Å². The number of likely N-dealkylation sites (N-methyl/N-ethyl adjacent to an activating group) is 1. The molecule has 0 atom stereocenters. The van der Waals surface area contributed by atoms with Crippen LogP contribution in [0.3, 0.4) is 0 Å². The van der Waals surface area contributed by atoms with Crippen LogP contribution in [-0.2, 0) is 4.79 Å². The Morgan fingerprint density at radius 2 is 1.79 bits per heavy atom. The first-order valence-electron chi connectivity index (χ1n) is 9.05. The van der Waals surface area contributed by atoms with Crippen LogP contribution in [0.1, 0.15) is 5.56 Å². The van der Waals surface area contributed by atoms with Crippen LogP contribution >= 0.6 is 34.9 Å². The van der Waals surface area contributed by atoms with Crippen molar-refractivity contribution in [1.82, 2.24) is 9.88 Å². The number of hydrogen-bond acceptors (Lipinski definition) is 6. The topological polar surface area (TPSA) is 36.4 Å². The highest BCUT2D eigenvalue weighted by atomic mass is 32.2. The third-order valence-electron chi connectivity index (χ3n) is 4.27. The molecule has 1 aromatic heterocycles. The van der Waals surface area contributed by atoms with E-state index in [1.165, 1.54) is 10.5 Å². The highest BCUT2D eigenvalue weighted by Gasteiger charge is 2.20. The summed E-state index contributed by atoms with van der Waals surface area (Å²) in [5.41, 5.74) is 2.18. The fourth-order valence-electron chi connectivity index (χ4n) is 2.62. The lowest BCUT2D eigenvalue weighted by atomic mass is 10.2. The number of anilines is 1. The molecule has 1 amide bonds. The van der Waals surface area contributed by atoms with Crippen LogP contribution < -0.4 is 4.90 Å². The second-order valence-corrected chi connectivity index (χ2v) is 9.72. The fraction of sp³-hybridized carbons (Fsp3) is 0.333. The largest absolute Gasteiger partial charge is 0.308 e. The number of aryl methyl sites for hydroxylation is 1. The standard InChI is InChI=1S/C21H25N3OS3/c1-15-5-7-16(8-6-15)27-14-20(25)24(12-11-23(2)3)21-22-18-10-9-17(26-4)13-19(18)28-21/h5-10,13H,11-12,14H2,1-4H3. The van der Waals surface area contributed by atoms with Crippen molar-refractivity contribution in [2.75, 3.05) is 44.1 Å². The van der Waals surface area contributed by atoms with Crippen LogP contribution in [0.25, 0.3) is 10.2 Å². The fourth-order valence-corrected chi connectivity index (χ4v) is 4.96. The molecule has 3 aromatic rings. The minimum absolute atomic E-state index is 0.0940. The number of carbonyl (C=O) groups is 1. The molecule has 4 nitrogen and oxygen atoms in total. The number of thiazole rings is 1. The number of hydrogen-bond donors (Lipinski definition) is 0. The van der Waals surface area contributed by atoms with Crippen LogP contribution in [0.4, 0.5) is 5.13 Å². The highest BCUT2D eigenvalue weighted by Crippen LogP contribution is 2.32. The Bertz CT molecular complexity index is 938. The summed E-state index contributed by atoms with van der Waals surface area (Å²) in [6.45, 7) is 3.50. The predicted molar refractivity (Wildman–Crippen MR) is 124 cm³/mol. The first-order chi connectivity index (χ1) is 13.5. The van der Waals surface area contributed by atoms with Gasteiger partial charge in [-0.2, -0.15) is 0 Å². The highest BCUT2D eigenvalue weighted by molar-refractivity contribution is 8.00. The van der Waals surface area contributed by atoms with Gasteiger partial charge in [0.15, 0.2) is 5.13 Å². The van der Waals surface area contributed by atoms with Crippen LogP contribution in [-0.4, -0.2) is 55.0 Å². The van der Waals surface area contributed by atoms with E-state index >= 15 is 0 Å². The molecule has 0 fully saturated rings. The zero-order chi connectivity index (χ0) is 20.1. The maximum Gasteiger partial charge on any atom is 0.239 e. The van der Waals surface area contributed by atoms with Gasteiger partial charge in [-0.05, 0) is 57.6 Å². The molecule has 148 valence electrons. The average Bonchev–Trinajstić information content (AvgIpc) is 3.10. The van der Waals surface area contributed by atoms with E-state index in [1.807, 2.05) is 25.1 Å². The maximum absolute atomic E-state index is 13.0. The van der Waals surface area contributed by atoms with Crippen molar-refractivity contribution in [2.45, 2.75) is 16.7 Å². The molecule has 0 spiro atoms. The third kappa shape index (κ3) is 5.50. The molecule has 0 unspecified atom stereocenters. The number of aromatic nitrogens is 1. The van der Waals surface area contributed by atoms with E-state index in [0.29, 0.717) is 12.3 Å². The summed E-state index contributed by atoms with van der Waals surface area (Å²) in [6.07, 6.45) is 2.07. The van der Waals surface area contributed by atoms with Crippen LogP contribution in [0.5, 0.6) is 0 Å². The molecule has 0 aliphatic rings. The van der Waals surface area contributed by atoms with E-state index in [9.17, 15) is 4.79 Å². The zero-order valence-corrected chi connectivity index (χ0v) is 19.1. The van der Waals surface area contributed by atoms with Crippen molar-refractivity contribution in [1.29, 1.82) is 0 Å². The molecular weight excluding hydrogens is 406 g/mol. The maximum atomic E-state index is 13.0. The Morgan fingerprint density at radius 1 is 1.07 bits per heavy atom. The summed E-state index contributed by atoms with van der Waals surface area (Å²) in [4.78, 5) is 24.0. The molecule has 0 bridgehead atoms. The van der Waals surface area contributed by atoms with E-state index in [-0.39, 0.29) is 5.91 Å². The van der Waals surface area contributed by atoms with E-state index in [4.69, 9.17) is 4.98 Å². The number of rotatable bonds is 8. The summed E-state index contributed by atoms with van der Waals surface area (Å²) in [6, 6.07) is 14.6. The van der Waals surface area contributed by atoms with Gasteiger partial charge >= 0.3 is 0 Å². The Hall–Kier alpha value is -1.54. The van der Waals surface area contributed by atoms with Crippen LogP contribution in [0.2, 0.25) is 0 Å². The van der Waals surface area contributed by atoms with Crippen LogP contribution in [0.15, 0.2) is 52.3 Å². The molecule has 3 rings (SSSR count). The zero-order valence-electron chi connectivity index (χ0n) is 16.6. The number of fused-ring (bicyclic) bond motifs is 1. The van der Waals surface area contributed by atoms with Gasteiger partial charge in [0.2, 0.25) is 5.91 Å². The lowest BCUT2D eigenvalue weighted by molar-refractivity contribution is -0.116. The molecule has 0 aliphatic heterocycles. The van der Waals surface area contributed by atoms with E-state index in [0.717, 1.165) is 26.8 Å². The second-order valence-electron chi connectivity index (χ2n) is 6.78. The SMILES string of the molecule is CSc1ccc2nc(N(CCN(C)C)C(=O)CSc3ccc(C)cc3)sc2c1. The smallest absolute Gasteiger partial charge is 0.239 e. The number of carbonyl (C=O) groups excluding carboxylic acids is 1. The Balaban J connectivity index is 1.79. The van der Waals surface area contributed by atoms with E-state index in [1.54, 1.807) is 34.9 Å². The van der Waals surface area contributed by atoms with Crippen molar-refractivity contribution in [3.8, 4) is 0 Å². The van der Waals surface area contributed by atoms with Gasteiger partial charge in [-0.15, -0.1) is 23.5 Å². The normalized spacial score (nSPS) is 11.3. The Morgan fingerprint density at radius 3 is 2.46 bits per heavy atom. The lowest BCUT2D eigenvalue weighted by Crippen LogP contribution is -2.37. The van der Waals surface area contributed by atoms with Gasteiger partial charge in [0.05, 0.1) is 16.0 Å². The molecule has 0 saturated heterocycles. The molecule has 0 radical (unpaired) electrons. The minimum atomic E-state index is 0.0940. The molecule has 0 aliphatic carbocycles. The third-order valence-corrected chi connectivity index (χ3v) is 7.03. The summed E-state index contributed by atoms with van der Waals surface area (Å²) in [5.74, 6) is 0.499. The van der Waals surface area contributed by atoms with Gasteiger partial charge in [-0.1, -0.05) is 29.0 Å². The summed E-state index contributed by atoms with van der Waals surface area (Å²) >= 11 is 4.88. The van der Waals surface area contributed by atoms with Gasteiger partial charge in [-0.3, -0.25) is 9.69 Å². The molecule has 1 heterocycles. The summed E-state index contributed by atoms with van der Waals surface area (Å²) in [7, 11) is 4.04. The van der Waals surface area contributed by atoms with Gasteiger partial charge < -0.3 is 4.90 Å². The minimum Gasteiger partial charge on any atom is -0.308 e. The summed E-state index contributed by atoms with van der Waals surface area (Å²) < 4.78 is 1.12. The average molecular weight is 432 g/mol. The van der Waals surface area contributed by atoms with Crippen molar-refractivity contribution in [3.63, 3.8) is 0 Å². The molecule has 0 saturated carbocycles. The Kier molecular flexibility index (Phi) is 7.40. The molecule has 0 N–H and O–H groups in total. The quantitative estimate of drug-likeness (QED) is 0.468. The Labute approximate surface area is 179 Å². The number of benzene rings is 2. The summed E-state index contributed by atoms with van der Waals surface area (Å²) in [5, 5.41) is 0.782. The molecular formula is C21H25N3OS3. The number of amides is 1.